The van der Waals surface area contributed by atoms with Gasteiger partial charge in [0.25, 0.3) is 0 Å². The van der Waals surface area contributed by atoms with Crippen LogP contribution < -0.4 is 4.74 Å². The molecule has 2 aromatic rings. The van der Waals surface area contributed by atoms with E-state index in [9.17, 15) is 45.3 Å². The van der Waals surface area contributed by atoms with Gasteiger partial charge in [0.05, 0.1) is 18.8 Å². The fourth-order valence-corrected chi connectivity index (χ4v) is 4.64. The molecule has 7 N–H and O–H groups in total. The van der Waals surface area contributed by atoms with Gasteiger partial charge in [0.1, 0.15) is 42.7 Å². The van der Waals surface area contributed by atoms with E-state index in [0.717, 1.165) is 0 Å². The third-order valence-corrected chi connectivity index (χ3v) is 6.82. The smallest absolute Gasteiger partial charge is 0.229 e. The van der Waals surface area contributed by atoms with Gasteiger partial charge in [-0.2, -0.15) is 0 Å². The van der Waals surface area contributed by atoms with Crippen LogP contribution in [0.4, 0.5) is 0 Å². The monoisotopic (exact) mass is 534 g/mol. The molecule has 204 valence electrons. The summed E-state index contributed by atoms with van der Waals surface area (Å²) in [4.78, 5) is 25.9. The first kappa shape index (κ1) is 26.6. The van der Waals surface area contributed by atoms with E-state index < -0.39 is 79.2 Å². The number of ether oxygens (including phenoxy) is 4. The third kappa shape index (κ3) is 4.47. The predicted octanol–water partition coefficient (Wildman–Crippen LogP) is -2.19. The van der Waals surface area contributed by atoms with Crippen molar-refractivity contribution in [2.75, 3.05) is 13.2 Å². The molecule has 13 nitrogen and oxygen atoms in total. The number of ketones is 2. The molecule has 2 aromatic carbocycles. The van der Waals surface area contributed by atoms with Crippen molar-refractivity contribution in [2.45, 2.75) is 55.3 Å². The van der Waals surface area contributed by atoms with Crippen molar-refractivity contribution in [1.29, 1.82) is 0 Å². The number of phenols is 1. The van der Waals surface area contributed by atoms with Crippen LogP contribution in [0.1, 0.15) is 31.8 Å². The van der Waals surface area contributed by atoms with E-state index in [1.807, 2.05) is 0 Å². The molecule has 3 aliphatic rings. The molecule has 2 fully saturated rings. The largest absolute Gasteiger partial charge is 0.504 e. The van der Waals surface area contributed by atoms with E-state index in [0.29, 0.717) is 0 Å². The first-order valence-corrected chi connectivity index (χ1v) is 11.8. The number of carbonyl (C=O) groups is 2. The van der Waals surface area contributed by atoms with Crippen molar-refractivity contribution in [1.82, 2.24) is 0 Å². The lowest BCUT2D eigenvalue weighted by atomic mass is 9.83. The van der Waals surface area contributed by atoms with Crippen LogP contribution in [0, 0.1) is 0 Å². The van der Waals surface area contributed by atoms with Gasteiger partial charge < -0.3 is 54.7 Å². The Morgan fingerprint density at radius 3 is 2.13 bits per heavy atom. The maximum Gasteiger partial charge on any atom is 0.229 e. The minimum atomic E-state index is -1.80. The second-order valence-corrected chi connectivity index (χ2v) is 9.25. The minimum absolute atomic E-state index is 0.0382. The van der Waals surface area contributed by atoms with Gasteiger partial charge in [-0.15, -0.1) is 0 Å². The summed E-state index contributed by atoms with van der Waals surface area (Å²) in [5.74, 6) is -2.08. The van der Waals surface area contributed by atoms with E-state index in [-0.39, 0.29) is 34.6 Å². The normalized spacial score (nSPS) is 34.9. The number of aliphatic hydroxyl groups excluding tert-OH is 6. The number of benzene rings is 2. The van der Waals surface area contributed by atoms with Gasteiger partial charge in [-0.05, 0) is 12.1 Å². The van der Waals surface area contributed by atoms with Crippen molar-refractivity contribution in [3.05, 3.63) is 58.7 Å². The number of fused-ring (bicyclic) bond motifs is 2. The van der Waals surface area contributed by atoms with Crippen LogP contribution in [0.2, 0.25) is 0 Å². The van der Waals surface area contributed by atoms with Crippen LogP contribution in [-0.4, -0.2) is 116 Å². The topological polar surface area (TPSA) is 213 Å². The lowest BCUT2D eigenvalue weighted by Crippen LogP contribution is -2.61. The number of hydrogen-bond donors (Lipinski definition) is 7. The van der Waals surface area contributed by atoms with Crippen molar-refractivity contribution in [3.63, 3.8) is 0 Å². The van der Waals surface area contributed by atoms with Gasteiger partial charge in [0.2, 0.25) is 6.29 Å². The van der Waals surface area contributed by atoms with Gasteiger partial charge in [-0.3, -0.25) is 9.59 Å². The molecular formula is C25H26O13. The average molecular weight is 534 g/mol. The molecule has 38 heavy (non-hydrogen) atoms. The van der Waals surface area contributed by atoms with Gasteiger partial charge in [0, 0.05) is 16.7 Å². The SMILES string of the molecule is O=C1c2ccccc2C(=O)c2c1ccc(O[C@@H]1O[C@@H](CO[C@@H]3OC[C@H](O)[C@@H](O)[C@@H]3O)[C@H](O)[C@@H](O)[C@@H]1O)c2O. The Morgan fingerprint density at radius 1 is 0.763 bits per heavy atom. The van der Waals surface area contributed by atoms with E-state index in [2.05, 4.69) is 0 Å². The van der Waals surface area contributed by atoms with Crippen molar-refractivity contribution >= 4 is 11.6 Å². The maximum atomic E-state index is 13.0. The molecule has 1 aliphatic carbocycles. The second kappa shape index (κ2) is 10.3. The van der Waals surface area contributed by atoms with Crippen LogP contribution in [0.3, 0.4) is 0 Å². The Morgan fingerprint density at radius 2 is 1.42 bits per heavy atom. The summed E-state index contributed by atoms with van der Waals surface area (Å²) < 4.78 is 21.6. The van der Waals surface area contributed by atoms with Crippen LogP contribution in [0.5, 0.6) is 11.5 Å². The second-order valence-electron chi connectivity index (χ2n) is 9.25. The van der Waals surface area contributed by atoms with Gasteiger partial charge in [-0.25, -0.2) is 0 Å². The lowest BCUT2D eigenvalue weighted by Gasteiger charge is -2.41. The first-order chi connectivity index (χ1) is 18.1. The summed E-state index contributed by atoms with van der Waals surface area (Å²) in [6.45, 7) is -0.831. The fourth-order valence-electron chi connectivity index (χ4n) is 4.64. The summed E-state index contributed by atoms with van der Waals surface area (Å²) >= 11 is 0. The van der Waals surface area contributed by atoms with E-state index >= 15 is 0 Å². The number of carbonyl (C=O) groups excluding carboxylic acids is 2. The van der Waals surface area contributed by atoms with Crippen molar-refractivity contribution in [2.24, 2.45) is 0 Å². The minimum Gasteiger partial charge on any atom is -0.504 e. The molecule has 2 heterocycles. The van der Waals surface area contributed by atoms with Crippen LogP contribution >= 0.6 is 0 Å². The first-order valence-electron chi connectivity index (χ1n) is 11.8. The van der Waals surface area contributed by atoms with E-state index in [4.69, 9.17) is 18.9 Å². The molecule has 5 rings (SSSR count). The lowest BCUT2D eigenvalue weighted by molar-refractivity contribution is -0.307. The highest BCUT2D eigenvalue weighted by Gasteiger charge is 2.47. The Balaban J connectivity index is 1.33. The highest BCUT2D eigenvalue weighted by Crippen LogP contribution is 2.40. The zero-order valence-corrected chi connectivity index (χ0v) is 19.7. The quantitative estimate of drug-likeness (QED) is 0.186. The molecule has 2 saturated heterocycles. The zero-order chi connectivity index (χ0) is 27.3. The van der Waals surface area contributed by atoms with Crippen LogP contribution in [0.25, 0.3) is 0 Å². The molecule has 0 spiro atoms. The number of rotatable bonds is 5. The van der Waals surface area contributed by atoms with E-state index in [1.54, 1.807) is 12.1 Å². The molecule has 9 atom stereocenters. The third-order valence-electron chi connectivity index (χ3n) is 6.82. The average Bonchev–Trinajstić information content (AvgIpc) is 2.91. The van der Waals surface area contributed by atoms with Crippen LogP contribution in [-0.2, 0) is 14.2 Å². The molecule has 0 aromatic heterocycles. The molecule has 0 radical (unpaired) electrons. The predicted molar refractivity (Wildman–Crippen MR) is 122 cm³/mol. The number of hydrogen-bond acceptors (Lipinski definition) is 13. The summed E-state index contributed by atoms with van der Waals surface area (Å²) in [6.07, 6.45) is -14.1. The number of aliphatic hydroxyl groups is 6. The molecule has 0 bridgehead atoms. The van der Waals surface area contributed by atoms with Crippen molar-refractivity contribution in [3.8, 4) is 11.5 Å². The maximum absolute atomic E-state index is 13.0. The molecule has 0 saturated carbocycles. The van der Waals surface area contributed by atoms with Gasteiger partial charge in [0.15, 0.2) is 29.4 Å². The zero-order valence-electron chi connectivity index (χ0n) is 19.7. The Kier molecular flexibility index (Phi) is 7.21. The van der Waals surface area contributed by atoms with E-state index in [1.165, 1.54) is 24.3 Å². The summed E-state index contributed by atoms with van der Waals surface area (Å²) in [7, 11) is 0. The summed E-state index contributed by atoms with van der Waals surface area (Å²) in [5, 5.41) is 71.3. The number of aromatic hydroxyl groups is 1. The Hall–Kier alpha value is -2.98. The highest BCUT2D eigenvalue weighted by molar-refractivity contribution is 6.29. The standard InChI is InChI=1S/C25H26O13/c26-12-7-35-24(22(33)18(12)29)36-8-14-20(31)21(32)23(34)25(38-14)37-13-6-5-11-15(19(13)30)17(28)10-4-2-1-3-9(10)16(11)27/h1-6,12,14,18,20-26,29-34H,7-8H2/t12-,14-,18+,20-,21+,22-,23-,24-,25+/m0/s1. The molecule has 0 amide bonds. The van der Waals surface area contributed by atoms with Crippen LogP contribution in [0.15, 0.2) is 36.4 Å². The number of phenolic OH excluding ortho intramolecular Hbond substituents is 1. The Labute approximate surface area is 215 Å². The molecule has 13 heteroatoms. The highest BCUT2D eigenvalue weighted by atomic mass is 16.7. The molecule has 2 aliphatic heterocycles. The summed E-state index contributed by atoms with van der Waals surface area (Å²) in [5.41, 5.74) is -0.0325. The van der Waals surface area contributed by atoms with Crippen molar-refractivity contribution < 1.29 is 64.3 Å². The fraction of sp³-hybridized carbons (Fsp3) is 0.440. The van der Waals surface area contributed by atoms with Gasteiger partial charge >= 0.3 is 0 Å². The molecule has 0 unspecified atom stereocenters. The van der Waals surface area contributed by atoms with Gasteiger partial charge in [-0.1, -0.05) is 24.3 Å². The Bertz CT molecular complexity index is 1230. The molecular weight excluding hydrogens is 508 g/mol. The summed E-state index contributed by atoms with van der Waals surface area (Å²) in [6, 6.07) is 8.62.